The van der Waals surface area contributed by atoms with Crippen molar-refractivity contribution in [3.63, 3.8) is 0 Å². The van der Waals surface area contributed by atoms with Gasteiger partial charge in [-0.15, -0.1) is 0 Å². The number of hydrogen-bond donors (Lipinski definition) is 0. The Labute approximate surface area is 229 Å². The molecular weight excluding hydrogens is 512 g/mol. The minimum Gasteiger partial charge on any atom is -0.497 e. The van der Waals surface area contributed by atoms with Gasteiger partial charge >= 0.3 is 5.97 Å². The summed E-state index contributed by atoms with van der Waals surface area (Å²) in [7, 11) is 1.59. The minimum atomic E-state index is -0.665. The molecule has 1 aromatic heterocycles. The summed E-state index contributed by atoms with van der Waals surface area (Å²) >= 11 is 1.29. The van der Waals surface area contributed by atoms with E-state index in [1.165, 1.54) is 11.3 Å². The second-order valence-corrected chi connectivity index (χ2v) is 9.93. The van der Waals surface area contributed by atoms with Gasteiger partial charge in [0.1, 0.15) is 18.1 Å². The van der Waals surface area contributed by atoms with Crippen LogP contribution in [0.4, 0.5) is 0 Å². The van der Waals surface area contributed by atoms with Crippen LogP contribution in [0.5, 0.6) is 11.5 Å². The fraction of sp³-hybridized carbons (Fsp3) is 0.194. The van der Waals surface area contributed by atoms with E-state index in [1.807, 2.05) is 84.9 Å². The summed E-state index contributed by atoms with van der Waals surface area (Å²) in [5, 5.41) is 0. The molecule has 0 amide bonds. The Balaban J connectivity index is 1.51. The smallest absolute Gasteiger partial charge is 0.338 e. The van der Waals surface area contributed by atoms with Crippen molar-refractivity contribution in [3.05, 3.63) is 127 Å². The Morgan fingerprint density at radius 2 is 1.69 bits per heavy atom. The number of esters is 1. The highest BCUT2D eigenvalue weighted by molar-refractivity contribution is 7.07. The molecule has 3 aromatic carbocycles. The van der Waals surface area contributed by atoms with E-state index in [4.69, 9.17) is 14.2 Å². The van der Waals surface area contributed by atoms with Gasteiger partial charge in [-0.3, -0.25) is 9.36 Å². The van der Waals surface area contributed by atoms with E-state index in [0.717, 1.165) is 22.4 Å². The van der Waals surface area contributed by atoms with Crippen LogP contribution in [-0.4, -0.2) is 24.3 Å². The molecule has 1 aliphatic heterocycles. The number of thiazole rings is 1. The van der Waals surface area contributed by atoms with Crippen LogP contribution in [0.15, 0.2) is 99.9 Å². The summed E-state index contributed by atoms with van der Waals surface area (Å²) in [5.41, 5.74) is 3.36. The third-order valence-electron chi connectivity index (χ3n) is 6.37. The predicted molar refractivity (Wildman–Crippen MR) is 151 cm³/mol. The third kappa shape index (κ3) is 5.56. The molecule has 0 saturated heterocycles. The van der Waals surface area contributed by atoms with Crippen molar-refractivity contribution in [3.8, 4) is 11.5 Å². The van der Waals surface area contributed by atoms with E-state index in [0.29, 0.717) is 33.0 Å². The average molecular weight is 541 g/mol. The first-order valence-electron chi connectivity index (χ1n) is 12.6. The highest BCUT2D eigenvalue weighted by Gasteiger charge is 2.33. The Kier molecular flexibility index (Phi) is 7.74. The number of allylic oxidation sites excluding steroid dienone is 1. The van der Waals surface area contributed by atoms with Crippen molar-refractivity contribution in [2.45, 2.75) is 26.5 Å². The van der Waals surface area contributed by atoms with Gasteiger partial charge in [0.25, 0.3) is 5.56 Å². The van der Waals surface area contributed by atoms with Gasteiger partial charge in [0, 0.05) is 0 Å². The van der Waals surface area contributed by atoms with Gasteiger partial charge in [-0.05, 0) is 60.9 Å². The summed E-state index contributed by atoms with van der Waals surface area (Å²) in [6, 6.07) is 24.2. The molecule has 0 bridgehead atoms. The zero-order chi connectivity index (χ0) is 27.4. The van der Waals surface area contributed by atoms with E-state index < -0.39 is 12.0 Å². The molecule has 2 heterocycles. The lowest BCUT2D eigenvalue weighted by atomic mass is 9.96. The van der Waals surface area contributed by atoms with Gasteiger partial charge < -0.3 is 14.2 Å². The molecule has 0 spiro atoms. The van der Waals surface area contributed by atoms with Crippen LogP contribution < -0.4 is 24.4 Å². The van der Waals surface area contributed by atoms with Crippen molar-refractivity contribution < 1.29 is 19.0 Å². The minimum absolute atomic E-state index is 0.223. The number of nitrogens with zero attached hydrogens (tertiary/aromatic N) is 2. The Bertz CT molecular complexity index is 1690. The van der Waals surface area contributed by atoms with Gasteiger partial charge in [-0.2, -0.15) is 0 Å². The Morgan fingerprint density at radius 3 is 2.36 bits per heavy atom. The fourth-order valence-corrected chi connectivity index (χ4v) is 5.49. The van der Waals surface area contributed by atoms with Crippen LogP contribution in [0.1, 0.15) is 36.6 Å². The Morgan fingerprint density at radius 1 is 1.00 bits per heavy atom. The van der Waals surface area contributed by atoms with Crippen molar-refractivity contribution in [1.29, 1.82) is 0 Å². The topological polar surface area (TPSA) is 79.1 Å². The van der Waals surface area contributed by atoms with Crippen molar-refractivity contribution in [2.75, 3.05) is 13.7 Å². The van der Waals surface area contributed by atoms with Crippen LogP contribution in [-0.2, 0) is 16.1 Å². The summed E-state index contributed by atoms with van der Waals surface area (Å²) < 4.78 is 18.6. The first-order valence-corrected chi connectivity index (χ1v) is 13.4. The summed E-state index contributed by atoms with van der Waals surface area (Å²) in [5.74, 6) is 0.937. The van der Waals surface area contributed by atoms with Crippen LogP contribution >= 0.6 is 11.3 Å². The van der Waals surface area contributed by atoms with Crippen LogP contribution in [0, 0.1) is 0 Å². The van der Waals surface area contributed by atoms with Crippen molar-refractivity contribution in [1.82, 2.24) is 4.57 Å². The van der Waals surface area contributed by atoms with Gasteiger partial charge in [-0.1, -0.05) is 65.9 Å². The number of carbonyl (C=O) groups excluding carboxylic acids is 1. The molecule has 1 unspecified atom stereocenters. The maximum atomic E-state index is 13.7. The summed E-state index contributed by atoms with van der Waals surface area (Å²) in [6.07, 6.45) is 1.83. The van der Waals surface area contributed by atoms with Crippen molar-refractivity contribution >= 4 is 23.4 Å². The van der Waals surface area contributed by atoms with E-state index in [9.17, 15) is 9.59 Å². The number of carbonyl (C=O) groups is 1. The SMILES string of the molecule is CCOC(=O)C1=C(C)N=c2sc(=Cc3ccc(OCc4ccccc4)cc3)c(=O)n2C1c1ccc(OC)cc1. The molecule has 1 aliphatic rings. The lowest BCUT2D eigenvalue weighted by Crippen LogP contribution is -2.39. The standard InChI is InChI=1S/C31H28N2O5S/c1-4-37-30(35)27-20(2)32-31-33(28(27)23-12-16-24(36-3)17-13-23)29(34)26(39-31)18-21-10-14-25(15-11-21)38-19-22-8-6-5-7-9-22/h5-18,28H,4,19H2,1-3H3. The number of methoxy groups -OCH3 is 1. The molecule has 8 heteroatoms. The molecule has 0 aliphatic carbocycles. The third-order valence-corrected chi connectivity index (χ3v) is 7.36. The second kappa shape index (κ2) is 11.5. The highest BCUT2D eigenvalue weighted by atomic mass is 32.1. The summed E-state index contributed by atoms with van der Waals surface area (Å²) in [6.45, 7) is 4.23. The number of fused-ring (bicyclic) bond motifs is 1. The van der Waals surface area contributed by atoms with Gasteiger partial charge in [0.2, 0.25) is 0 Å². The number of ether oxygens (including phenoxy) is 3. The number of benzene rings is 3. The molecule has 7 nitrogen and oxygen atoms in total. The largest absolute Gasteiger partial charge is 0.497 e. The lowest BCUT2D eigenvalue weighted by molar-refractivity contribution is -0.139. The highest BCUT2D eigenvalue weighted by Crippen LogP contribution is 2.31. The zero-order valence-corrected chi connectivity index (χ0v) is 22.7. The molecule has 0 radical (unpaired) electrons. The quantitative estimate of drug-likeness (QED) is 0.310. The maximum absolute atomic E-state index is 13.7. The fourth-order valence-electron chi connectivity index (χ4n) is 4.45. The second-order valence-electron chi connectivity index (χ2n) is 8.92. The average Bonchev–Trinajstić information content (AvgIpc) is 3.26. The van der Waals surface area contributed by atoms with Gasteiger partial charge in [0.15, 0.2) is 4.80 Å². The zero-order valence-electron chi connectivity index (χ0n) is 21.9. The molecule has 0 saturated carbocycles. The molecule has 4 aromatic rings. The molecule has 1 atom stereocenters. The van der Waals surface area contributed by atoms with Gasteiger partial charge in [0.05, 0.1) is 35.6 Å². The van der Waals surface area contributed by atoms with E-state index in [-0.39, 0.29) is 12.2 Å². The monoisotopic (exact) mass is 540 g/mol. The van der Waals surface area contributed by atoms with E-state index >= 15 is 0 Å². The normalized spacial score (nSPS) is 14.9. The molecule has 39 heavy (non-hydrogen) atoms. The predicted octanol–water partition coefficient (Wildman–Crippen LogP) is 4.39. The first kappa shape index (κ1) is 26.2. The molecule has 5 rings (SSSR count). The number of aromatic nitrogens is 1. The van der Waals surface area contributed by atoms with Crippen molar-refractivity contribution in [2.24, 2.45) is 4.99 Å². The first-order chi connectivity index (χ1) is 19.0. The number of rotatable bonds is 8. The van der Waals surface area contributed by atoms with Crippen LogP contribution in [0.2, 0.25) is 0 Å². The molecule has 0 fully saturated rings. The van der Waals surface area contributed by atoms with Crippen LogP contribution in [0.25, 0.3) is 6.08 Å². The lowest BCUT2D eigenvalue weighted by Gasteiger charge is -2.24. The van der Waals surface area contributed by atoms with E-state index in [1.54, 1.807) is 25.5 Å². The van der Waals surface area contributed by atoms with Crippen LogP contribution in [0.3, 0.4) is 0 Å². The Hall–Kier alpha value is -4.43. The molecular formula is C31H28N2O5S. The van der Waals surface area contributed by atoms with E-state index in [2.05, 4.69) is 4.99 Å². The molecule has 198 valence electrons. The number of hydrogen-bond acceptors (Lipinski definition) is 7. The maximum Gasteiger partial charge on any atom is 0.338 e. The summed E-state index contributed by atoms with van der Waals surface area (Å²) in [4.78, 5) is 31.9. The van der Waals surface area contributed by atoms with Gasteiger partial charge in [-0.25, -0.2) is 9.79 Å². The molecule has 0 N–H and O–H groups in total.